The van der Waals surface area contributed by atoms with Gasteiger partial charge in [-0.25, -0.2) is 9.48 Å². The van der Waals surface area contributed by atoms with Gasteiger partial charge in [-0.1, -0.05) is 32.9 Å². The Morgan fingerprint density at radius 3 is 2.62 bits per heavy atom. The number of hydrogen-bond donors (Lipinski definition) is 1. The molecule has 2 N–H and O–H groups in total. The SMILES string of the molecule is CCOC(=O)/C(C)=C/c1cccc(-n2nc(C(C)(C)C)cc2N)c1. The van der Waals surface area contributed by atoms with Crippen LogP contribution in [0.3, 0.4) is 0 Å². The summed E-state index contributed by atoms with van der Waals surface area (Å²) < 4.78 is 6.73. The van der Waals surface area contributed by atoms with Gasteiger partial charge in [0.1, 0.15) is 5.82 Å². The minimum Gasteiger partial charge on any atom is -0.463 e. The molecule has 5 heteroatoms. The van der Waals surface area contributed by atoms with Crippen LogP contribution in [0.1, 0.15) is 45.9 Å². The number of carbonyl (C=O) groups excluding carboxylic acids is 1. The van der Waals surface area contributed by atoms with Gasteiger partial charge in [0.15, 0.2) is 0 Å². The van der Waals surface area contributed by atoms with Crippen LogP contribution in [-0.2, 0) is 14.9 Å². The zero-order valence-corrected chi connectivity index (χ0v) is 15.0. The Morgan fingerprint density at radius 2 is 2.04 bits per heavy atom. The van der Waals surface area contributed by atoms with Crippen LogP contribution in [0.5, 0.6) is 0 Å². The second-order valence-corrected chi connectivity index (χ2v) is 6.76. The van der Waals surface area contributed by atoms with E-state index in [1.165, 1.54) is 0 Å². The van der Waals surface area contributed by atoms with Crippen LogP contribution in [0.2, 0.25) is 0 Å². The van der Waals surface area contributed by atoms with E-state index in [2.05, 4.69) is 25.9 Å². The molecule has 0 aliphatic heterocycles. The quantitative estimate of drug-likeness (QED) is 0.686. The van der Waals surface area contributed by atoms with Gasteiger partial charge in [0.25, 0.3) is 0 Å². The second kappa shape index (κ2) is 6.91. The topological polar surface area (TPSA) is 70.1 Å². The van der Waals surface area contributed by atoms with Crippen molar-refractivity contribution in [2.75, 3.05) is 12.3 Å². The predicted octanol–water partition coefficient (Wildman–Crippen LogP) is 3.72. The first kappa shape index (κ1) is 17.8. The second-order valence-electron chi connectivity index (χ2n) is 6.76. The number of esters is 1. The van der Waals surface area contributed by atoms with Crippen molar-refractivity contribution < 1.29 is 9.53 Å². The summed E-state index contributed by atoms with van der Waals surface area (Å²) in [7, 11) is 0. The van der Waals surface area contributed by atoms with E-state index in [-0.39, 0.29) is 11.4 Å². The summed E-state index contributed by atoms with van der Waals surface area (Å²) in [6.07, 6.45) is 1.80. The highest BCUT2D eigenvalue weighted by molar-refractivity contribution is 5.93. The average molecular weight is 327 g/mol. The molecule has 0 saturated carbocycles. The van der Waals surface area contributed by atoms with E-state index in [9.17, 15) is 4.79 Å². The van der Waals surface area contributed by atoms with E-state index >= 15 is 0 Å². The highest BCUT2D eigenvalue weighted by Crippen LogP contribution is 2.25. The molecule has 1 heterocycles. The third-order valence-corrected chi connectivity index (χ3v) is 3.60. The van der Waals surface area contributed by atoms with Crippen molar-refractivity contribution >= 4 is 17.9 Å². The summed E-state index contributed by atoms with van der Waals surface area (Å²) in [4.78, 5) is 11.7. The molecular weight excluding hydrogens is 302 g/mol. The maximum Gasteiger partial charge on any atom is 0.333 e. The van der Waals surface area contributed by atoms with Gasteiger partial charge in [-0.05, 0) is 37.6 Å². The fraction of sp³-hybridized carbons (Fsp3) is 0.368. The summed E-state index contributed by atoms with van der Waals surface area (Å²) in [6, 6.07) is 9.62. The molecule has 0 atom stereocenters. The Balaban J connectivity index is 2.36. The van der Waals surface area contributed by atoms with Crippen LogP contribution >= 0.6 is 0 Å². The van der Waals surface area contributed by atoms with Crippen LogP contribution < -0.4 is 5.73 Å². The first-order chi connectivity index (χ1) is 11.2. The molecule has 0 aliphatic carbocycles. The molecule has 0 fully saturated rings. The molecule has 1 aromatic heterocycles. The molecule has 24 heavy (non-hydrogen) atoms. The zero-order valence-electron chi connectivity index (χ0n) is 15.0. The van der Waals surface area contributed by atoms with Crippen LogP contribution in [0.15, 0.2) is 35.9 Å². The number of ether oxygens (including phenoxy) is 1. The summed E-state index contributed by atoms with van der Waals surface area (Å²) in [6.45, 7) is 10.2. The highest BCUT2D eigenvalue weighted by Gasteiger charge is 2.19. The number of benzene rings is 1. The molecule has 128 valence electrons. The summed E-state index contributed by atoms with van der Waals surface area (Å²) in [5, 5.41) is 4.62. The molecule has 0 spiro atoms. The normalized spacial score (nSPS) is 12.3. The Bertz CT molecular complexity index is 767. The average Bonchev–Trinajstić information content (AvgIpc) is 2.90. The molecule has 2 rings (SSSR count). The van der Waals surface area contributed by atoms with Gasteiger partial charge in [-0.15, -0.1) is 0 Å². The Morgan fingerprint density at radius 1 is 1.33 bits per heavy atom. The van der Waals surface area contributed by atoms with E-state index in [0.717, 1.165) is 16.9 Å². The van der Waals surface area contributed by atoms with Crippen molar-refractivity contribution in [2.45, 2.75) is 40.0 Å². The van der Waals surface area contributed by atoms with E-state index < -0.39 is 0 Å². The maximum atomic E-state index is 11.7. The Hall–Kier alpha value is -2.56. The van der Waals surface area contributed by atoms with E-state index in [1.54, 1.807) is 24.6 Å². The fourth-order valence-corrected chi connectivity index (χ4v) is 2.27. The monoisotopic (exact) mass is 327 g/mol. The molecule has 5 nitrogen and oxygen atoms in total. The number of hydrogen-bond acceptors (Lipinski definition) is 4. The minimum absolute atomic E-state index is 0.0720. The van der Waals surface area contributed by atoms with Gasteiger partial charge in [0, 0.05) is 17.1 Å². The largest absolute Gasteiger partial charge is 0.463 e. The molecule has 1 aromatic carbocycles. The first-order valence-electron chi connectivity index (χ1n) is 8.04. The molecule has 0 amide bonds. The minimum atomic E-state index is -0.309. The molecule has 0 bridgehead atoms. The fourth-order valence-electron chi connectivity index (χ4n) is 2.27. The Labute approximate surface area is 143 Å². The lowest BCUT2D eigenvalue weighted by atomic mass is 9.92. The third kappa shape index (κ3) is 4.04. The van der Waals surface area contributed by atoms with Crippen molar-refractivity contribution in [3.8, 4) is 5.69 Å². The van der Waals surface area contributed by atoms with Crippen LogP contribution in [0, 0.1) is 0 Å². The van der Waals surface area contributed by atoms with Gasteiger partial charge in [0.05, 0.1) is 18.0 Å². The lowest BCUT2D eigenvalue weighted by molar-refractivity contribution is -0.138. The van der Waals surface area contributed by atoms with Crippen LogP contribution in [0.4, 0.5) is 5.82 Å². The molecule has 2 aromatic rings. The lowest BCUT2D eigenvalue weighted by Crippen LogP contribution is -2.12. The van der Waals surface area contributed by atoms with Gasteiger partial charge in [-0.3, -0.25) is 0 Å². The standard InChI is InChI=1S/C19H25N3O2/c1-6-24-18(23)13(2)10-14-8-7-9-15(11-14)22-17(20)12-16(21-22)19(3,4)5/h7-12H,6,20H2,1-5H3/b13-10+. The summed E-state index contributed by atoms with van der Waals surface area (Å²) >= 11 is 0. The third-order valence-electron chi connectivity index (χ3n) is 3.60. The van der Waals surface area contributed by atoms with E-state index in [1.807, 2.05) is 30.3 Å². The zero-order chi connectivity index (χ0) is 17.9. The van der Waals surface area contributed by atoms with Crippen molar-refractivity contribution in [3.05, 3.63) is 47.2 Å². The van der Waals surface area contributed by atoms with Crippen molar-refractivity contribution in [1.82, 2.24) is 9.78 Å². The Kier molecular flexibility index (Phi) is 5.12. The number of nitrogen functional groups attached to an aromatic ring is 1. The van der Waals surface area contributed by atoms with Crippen LogP contribution in [-0.4, -0.2) is 22.4 Å². The molecule has 0 radical (unpaired) electrons. The number of aromatic nitrogens is 2. The lowest BCUT2D eigenvalue weighted by Gasteiger charge is -2.14. The van der Waals surface area contributed by atoms with Gasteiger partial charge in [-0.2, -0.15) is 5.10 Å². The van der Waals surface area contributed by atoms with Crippen molar-refractivity contribution in [1.29, 1.82) is 0 Å². The van der Waals surface area contributed by atoms with Crippen molar-refractivity contribution in [3.63, 3.8) is 0 Å². The van der Waals surface area contributed by atoms with E-state index in [0.29, 0.717) is 18.0 Å². The first-order valence-corrected chi connectivity index (χ1v) is 8.04. The van der Waals surface area contributed by atoms with Crippen LogP contribution in [0.25, 0.3) is 11.8 Å². The number of carbonyl (C=O) groups is 1. The number of rotatable bonds is 4. The van der Waals surface area contributed by atoms with Gasteiger partial charge >= 0.3 is 5.97 Å². The summed E-state index contributed by atoms with van der Waals surface area (Å²) in [5.41, 5.74) is 9.28. The van der Waals surface area contributed by atoms with Crippen molar-refractivity contribution in [2.24, 2.45) is 0 Å². The summed E-state index contributed by atoms with van der Waals surface area (Å²) in [5.74, 6) is 0.277. The molecular formula is C19H25N3O2. The predicted molar refractivity (Wildman–Crippen MR) is 97.0 cm³/mol. The number of nitrogens with zero attached hydrogens (tertiary/aromatic N) is 2. The highest BCUT2D eigenvalue weighted by atomic mass is 16.5. The van der Waals surface area contributed by atoms with Gasteiger partial charge < -0.3 is 10.5 Å². The van der Waals surface area contributed by atoms with Gasteiger partial charge in [0.2, 0.25) is 0 Å². The van der Waals surface area contributed by atoms with E-state index in [4.69, 9.17) is 10.5 Å². The smallest absolute Gasteiger partial charge is 0.333 e. The number of anilines is 1. The maximum absolute atomic E-state index is 11.7. The molecule has 0 aliphatic rings. The molecule has 0 saturated heterocycles. The molecule has 0 unspecified atom stereocenters. The number of nitrogens with two attached hydrogens (primary N) is 1.